The molecule has 5 heteroatoms. The molecule has 1 aromatic rings. The standard InChI is InChI=1S/C16H24N2O3/c1-12-3-4-14(15(9-12)21-2)10-17-16(20)18-7-5-13(11-19)6-8-18/h3-4,9,13,19H,5-8,10-11H2,1-2H3,(H,17,20). The monoisotopic (exact) mass is 292 g/mol. The highest BCUT2D eigenvalue weighted by molar-refractivity contribution is 5.74. The van der Waals surface area contributed by atoms with Gasteiger partial charge < -0.3 is 20.1 Å². The lowest BCUT2D eigenvalue weighted by molar-refractivity contribution is 0.137. The minimum atomic E-state index is -0.0472. The zero-order valence-electron chi connectivity index (χ0n) is 12.8. The smallest absolute Gasteiger partial charge is 0.317 e. The molecule has 2 N–H and O–H groups in total. The molecule has 5 nitrogen and oxygen atoms in total. The number of ether oxygens (including phenoxy) is 1. The normalized spacial score (nSPS) is 15.9. The molecule has 1 fully saturated rings. The largest absolute Gasteiger partial charge is 0.496 e. The number of nitrogens with zero attached hydrogens (tertiary/aromatic N) is 1. The molecular formula is C16H24N2O3. The van der Waals surface area contributed by atoms with Gasteiger partial charge in [-0.3, -0.25) is 0 Å². The van der Waals surface area contributed by atoms with Crippen LogP contribution in [0.5, 0.6) is 5.75 Å². The predicted molar refractivity (Wildman–Crippen MR) is 81.3 cm³/mol. The highest BCUT2D eigenvalue weighted by Crippen LogP contribution is 2.20. The van der Waals surface area contributed by atoms with Crippen molar-refractivity contribution < 1.29 is 14.6 Å². The number of methoxy groups -OCH3 is 1. The first-order valence-corrected chi connectivity index (χ1v) is 7.41. The van der Waals surface area contributed by atoms with Crippen LogP contribution in [-0.4, -0.2) is 42.8 Å². The molecule has 0 aliphatic carbocycles. The summed E-state index contributed by atoms with van der Waals surface area (Å²) >= 11 is 0. The summed E-state index contributed by atoms with van der Waals surface area (Å²) in [5.74, 6) is 1.14. The van der Waals surface area contributed by atoms with Crippen LogP contribution < -0.4 is 10.1 Å². The number of urea groups is 1. The van der Waals surface area contributed by atoms with Gasteiger partial charge in [0.2, 0.25) is 0 Å². The van der Waals surface area contributed by atoms with Crippen molar-refractivity contribution in [3.63, 3.8) is 0 Å². The van der Waals surface area contributed by atoms with Gasteiger partial charge in [-0.1, -0.05) is 12.1 Å². The second kappa shape index (κ2) is 7.31. The zero-order valence-corrected chi connectivity index (χ0v) is 12.8. The van der Waals surface area contributed by atoms with E-state index < -0.39 is 0 Å². The fourth-order valence-electron chi connectivity index (χ4n) is 2.60. The molecule has 0 aromatic heterocycles. The molecule has 0 spiro atoms. The highest BCUT2D eigenvalue weighted by atomic mass is 16.5. The number of nitrogens with one attached hydrogen (secondary N) is 1. The van der Waals surface area contributed by atoms with Crippen LogP contribution in [0.1, 0.15) is 24.0 Å². The van der Waals surface area contributed by atoms with Gasteiger partial charge >= 0.3 is 6.03 Å². The summed E-state index contributed by atoms with van der Waals surface area (Å²) in [6, 6.07) is 5.91. The number of rotatable bonds is 4. The maximum atomic E-state index is 12.1. The quantitative estimate of drug-likeness (QED) is 0.891. The third kappa shape index (κ3) is 4.11. The number of carbonyl (C=O) groups is 1. The van der Waals surface area contributed by atoms with Gasteiger partial charge in [-0.15, -0.1) is 0 Å². The SMILES string of the molecule is COc1cc(C)ccc1CNC(=O)N1CCC(CO)CC1. The Labute approximate surface area is 125 Å². The summed E-state index contributed by atoms with van der Waals surface area (Å²) in [4.78, 5) is 14.0. The van der Waals surface area contributed by atoms with Crippen LogP contribution in [0.4, 0.5) is 4.79 Å². The Morgan fingerprint density at radius 2 is 2.14 bits per heavy atom. The highest BCUT2D eigenvalue weighted by Gasteiger charge is 2.22. The number of aliphatic hydroxyl groups is 1. The van der Waals surface area contributed by atoms with E-state index in [-0.39, 0.29) is 12.6 Å². The van der Waals surface area contributed by atoms with Crippen molar-refractivity contribution in [1.82, 2.24) is 10.2 Å². The zero-order chi connectivity index (χ0) is 15.2. The minimum Gasteiger partial charge on any atom is -0.496 e. The van der Waals surface area contributed by atoms with Crippen molar-refractivity contribution in [3.8, 4) is 5.75 Å². The Bertz CT molecular complexity index is 482. The van der Waals surface area contributed by atoms with Gasteiger partial charge in [0.1, 0.15) is 5.75 Å². The number of likely N-dealkylation sites (tertiary alicyclic amines) is 1. The second-order valence-electron chi connectivity index (χ2n) is 5.59. The fourth-order valence-corrected chi connectivity index (χ4v) is 2.60. The van der Waals surface area contributed by atoms with E-state index in [0.717, 1.165) is 29.7 Å². The maximum absolute atomic E-state index is 12.1. The number of piperidine rings is 1. The predicted octanol–water partition coefficient (Wildman–Crippen LogP) is 1.92. The van der Waals surface area contributed by atoms with Gasteiger partial charge in [0.05, 0.1) is 7.11 Å². The maximum Gasteiger partial charge on any atom is 0.317 e. The lowest BCUT2D eigenvalue weighted by Gasteiger charge is -2.31. The first-order valence-electron chi connectivity index (χ1n) is 7.41. The molecule has 0 saturated carbocycles. The Hall–Kier alpha value is -1.75. The Morgan fingerprint density at radius 1 is 1.43 bits per heavy atom. The number of carbonyl (C=O) groups excluding carboxylic acids is 1. The summed E-state index contributed by atoms with van der Waals surface area (Å²) in [5.41, 5.74) is 2.11. The molecule has 21 heavy (non-hydrogen) atoms. The van der Waals surface area contributed by atoms with Crippen LogP contribution in [0.15, 0.2) is 18.2 Å². The van der Waals surface area contributed by atoms with E-state index in [1.54, 1.807) is 7.11 Å². The first-order chi connectivity index (χ1) is 10.1. The minimum absolute atomic E-state index is 0.0472. The van der Waals surface area contributed by atoms with E-state index >= 15 is 0 Å². The molecule has 1 aliphatic heterocycles. The molecule has 0 radical (unpaired) electrons. The van der Waals surface area contributed by atoms with Crippen molar-refractivity contribution in [2.24, 2.45) is 5.92 Å². The molecular weight excluding hydrogens is 268 g/mol. The van der Waals surface area contributed by atoms with Gasteiger partial charge in [0.15, 0.2) is 0 Å². The van der Waals surface area contributed by atoms with Crippen molar-refractivity contribution in [2.45, 2.75) is 26.3 Å². The number of aliphatic hydroxyl groups excluding tert-OH is 1. The van der Waals surface area contributed by atoms with Crippen molar-refractivity contribution in [1.29, 1.82) is 0 Å². The molecule has 0 atom stereocenters. The lowest BCUT2D eigenvalue weighted by Crippen LogP contribution is -2.44. The molecule has 1 aliphatic rings. The Morgan fingerprint density at radius 3 is 2.76 bits per heavy atom. The van der Waals surface area contributed by atoms with E-state index in [2.05, 4.69) is 5.32 Å². The molecule has 0 unspecified atom stereocenters. The third-order valence-electron chi connectivity index (χ3n) is 4.03. The number of hydrogen-bond acceptors (Lipinski definition) is 3. The van der Waals surface area contributed by atoms with Crippen molar-refractivity contribution in [3.05, 3.63) is 29.3 Å². The van der Waals surface area contributed by atoms with Crippen LogP contribution in [-0.2, 0) is 6.54 Å². The van der Waals surface area contributed by atoms with Gasteiger partial charge in [0, 0.05) is 31.8 Å². The third-order valence-corrected chi connectivity index (χ3v) is 4.03. The van der Waals surface area contributed by atoms with Gasteiger partial charge in [-0.05, 0) is 37.3 Å². The van der Waals surface area contributed by atoms with E-state index in [1.807, 2.05) is 30.0 Å². The van der Waals surface area contributed by atoms with E-state index in [0.29, 0.717) is 25.6 Å². The molecule has 116 valence electrons. The number of benzene rings is 1. The van der Waals surface area contributed by atoms with Crippen molar-refractivity contribution in [2.75, 3.05) is 26.8 Å². The van der Waals surface area contributed by atoms with Crippen LogP contribution in [0.25, 0.3) is 0 Å². The average molecular weight is 292 g/mol. The van der Waals surface area contributed by atoms with Gasteiger partial charge in [0.25, 0.3) is 0 Å². The van der Waals surface area contributed by atoms with E-state index in [9.17, 15) is 4.79 Å². The molecule has 2 rings (SSSR count). The number of aryl methyl sites for hydroxylation is 1. The topological polar surface area (TPSA) is 61.8 Å². The first kappa shape index (κ1) is 15.6. The lowest BCUT2D eigenvalue weighted by atomic mass is 9.98. The average Bonchev–Trinajstić information content (AvgIpc) is 2.53. The van der Waals surface area contributed by atoms with Crippen LogP contribution >= 0.6 is 0 Å². The molecule has 1 saturated heterocycles. The molecule has 0 bridgehead atoms. The summed E-state index contributed by atoms with van der Waals surface area (Å²) in [6.07, 6.45) is 1.75. The Balaban J connectivity index is 1.87. The summed E-state index contributed by atoms with van der Waals surface area (Å²) < 4.78 is 5.34. The fraction of sp³-hybridized carbons (Fsp3) is 0.562. The summed E-state index contributed by atoms with van der Waals surface area (Å²) in [6.45, 7) is 4.11. The number of amides is 2. The number of hydrogen-bond donors (Lipinski definition) is 2. The molecule has 1 heterocycles. The van der Waals surface area contributed by atoms with Gasteiger partial charge in [-0.2, -0.15) is 0 Å². The van der Waals surface area contributed by atoms with Gasteiger partial charge in [-0.25, -0.2) is 4.79 Å². The van der Waals surface area contributed by atoms with Crippen LogP contribution in [0.2, 0.25) is 0 Å². The second-order valence-corrected chi connectivity index (χ2v) is 5.59. The van der Waals surface area contributed by atoms with Crippen molar-refractivity contribution >= 4 is 6.03 Å². The summed E-state index contributed by atoms with van der Waals surface area (Å²) in [7, 11) is 1.64. The van der Waals surface area contributed by atoms with E-state index in [1.165, 1.54) is 0 Å². The van der Waals surface area contributed by atoms with E-state index in [4.69, 9.17) is 9.84 Å². The molecule has 2 amide bonds. The van der Waals surface area contributed by atoms with Crippen LogP contribution in [0.3, 0.4) is 0 Å². The summed E-state index contributed by atoms with van der Waals surface area (Å²) in [5, 5.41) is 12.1. The van der Waals surface area contributed by atoms with Crippen LogP contribution in [0, 0.1) is 12.8 Å². The Kier molecular flexibility index (Phi) is 5.44. The molecule has 1 aromatic carbocycles.